The van der Waals surface area contributed by atoms with Gasteiger partial charge in [0, 0.05) is 60.9 Å². The SMILES string of the molecule is COCCOCCOCCOCCN(CCCS(=O)(=O)O)c1ccc(C(=C\CC(C)(C)C)/C=C/C=C2\N(CCOCCOCCOCCOCCC(=O)O)c3ccc(S(=O)(=O)O)cc3C2(C)CCCS(=O)(=O)O)c(O)c1. The lowest BCUT2D eigenvalue weighted by Gasteiger charge is -2.30. The first kappa shape index (κ1) is 66.2. The molecule has 1 unspecified atom stereocenters. The van der Waals surface area contributed by atoms with E-state index >= 15 is 0 Å². The molecular weight excluding hydrogens is 1060 g/mol. The number of allylic oxidation sites excluding steroid dienone is 6. The van der Waals surface area contributed by atoms with Gasteiger partial charge in [0.05, 0.1) is 122 Å². The van der Waals surface area contributed by atoms with Crippen LogP contribution in [0.25, 0.3) is 5.57 Å². The van der Waals surface area contributed by atoms with E-state index in [4.69, 9.17) is 43.0 Å². The molecule has 0 bridgehead atoms. The fraction of sp³-hybridized carbons (Fsp3) is 0.627. The smallest absolute Gasteiger partial charge is 0.305 e. The van der Waals surface area contributed by atoms with Crippen molar-refractivity contribution in [3.63, 3.8) is 0 Å². The number of benzene rings is 2. The zero-order valence-corrected chi connectivity index (χ0v) is 46.9. The third kappa shape index (κ3) is 26.1. The lowest BCUT2D eigenvalue weighted by Crippen LogP contribution is -2.31. The van der Waals surface area contributed by atoms with Crippen molar-refractivity contribution in [1.29, 1.82) is 0 Å². The van der Waals surface area contributed by atoms with Crippen molar-refractivity contribution in [3.05, 3.63) is 77.5 Å². The Labute approximate surface area is 449 Å². The molecule has 25 heteroatoms. The van der Waals surface area contributed by atoms with Gasteiger partial charge in [-0.3, -0.25) is 18.5 Å². The van der Waals surface area contributed by atoms with Crippen LogP contribution in [0.2, 0.25) is 0 Å². The van der Waals surface area contributed by atoms with E-state index in [1.54, 1.807) is 37.5 Å². The molecule has 1 atom stereocenters. The second kappa shape index (κ2) is 33.4. The van der Waals surface area contributed by atoms with Crippen LogP contribution < -0.4 is 9.80 Å². The Hall–Kier alpha value is -4.06. The normalized spacial score (nSPS) is 16.1. The average Bonchev–Trinajstić information content (AvgIpc) is 3.55. The molecule has 3 rings (SSSR count). The maximum Gasteiger partial charge on any atom is 0.305 e. The first-order valence-corrected chi connectivity index (χ1v) is 29.7. The number of carbonyl (C=O) groups is 1. The summed E-state index contributed by atoms with van der Waals surface area (Å²) in [7, 11) is -11.7. The molecule has 0 saturated carbocycles. The van der Waals surface area contributed by atoms with Gasteiger partial charge in [-0.2, -0.15) is 25.3 Å². The highest BCUT2D eigenvalue weighted by atomic mass is 32.2. The molecule has 1 aliphatic heterocycles. The average molecular weight is 1140 g/mol. The third-order valence-electron chi connectivity index (χ3n) is 11.8. The predicted molar refractivity (Wildman–Crippen MR) is 287 cm³/mol. The van der Waals surface area contributed by atoms with E-state index in [0.717, 1.165) is 0 Å². The van der Waals surface area contributed by atoms with Crippen LogP contribution in [0.5, 0.6) is 5.75 Å². The summed E-state index contributed by atoms with van der Waals surface area (Å²) in [6.07, 6.45) is 8.12. The summed E-state index contributed by atoms with van der Waals surface area (Å²) < 4.78 is 145. The van der Waals surface area contributed by atoms with Gasteiger partial charge in [0.2, 0.25) is 0 Å². The summed E-state index contributed by atoms with van der Waals surface area (Å²) >= 11 is 0. The van der Waals surface area contributed by atoms with E-state index in [2.05, 4.69) is 20.8 Å². The Morgan fingerprint density at radius 3 is 1.76 bits per heavy atom. The van der Waals surface area contributed by atoms with Gasteiger partial charge in [-0.1, -0.05) is 39.0 Å². The fourth-order valence-electron chi connectivity index (χ4n) is 7.94. The van der Waals surface area contributed by atoms with Crippen molar-refractivity contribution >= 4 is 53.3 Å². The standard InChI is InChI=1S/C51H80N2O20S3/c1-50(2,3)18-15-41(44-13-11-42(39-47(44)54)52(19-8-38-75(60,61)62)20-23-68-28-31-72-34-33-70-26-25-66-5)9-6-10-48-51(4,17-7-37-74(57,58)59)45-40-43(76(63,64)65)12-14-46(45)53(48)21-24-69-29-32-73-36-35-71-30-27-67-22-16-49(55)56/h6,9-15,39-40,54H,7-8,16-38H2,1-5H3,(H,55,56)(H,57,58,59)(H,60,61,62)(H,63,64,65)/b9-6+,41-15-,48-10-. The Bertz CT molecular complexity index is 2510. The Balaban J connectivity index is 1.92. The summed E-state index contributed by atoms with van der Waals surface area (Å²) in [6, 6.07) is 9.32. The molecule has 432 valence electrons. The van der Waals surface area contributed by atoms with Gasteiger partial charge < -0.3 is 57.9 Å². The molecule has 22 nitrogen and oxygen atoms in total. The van der Waals surface area contributed by atoms with E-state index in [0.29, 0.717) is 86.4 Å². The summed E-state index contributed by atoms with van der Waals surface area (Å²) in [5, 5.41) is 20.4. The summed E-state index contributed by atoms with van der Waals surface area (Å²) in [5.74, 6) is -2.04. The second-order valence-electron chi connectivity index (χ2n) is 19.1. The summed E-state index contributed by atoms with van der Waals surface area (Å²) in [6.45, 7) is 13.3. The van der Waals surface area contributed by atoms with E-state index in [1.807, 2.05) is 35.0 Å². The number of ether oxygens (including phenoxy) is 8. The number of phenols is 1. The van der Waals surface area contributed by atoms with Gasteiger partial charge in [0.15, 0.2) is 0 Å². The van der Waals surface area contributed by atoms with Crippen molar-refractivity contribution in [3.8, 4) is 5.75 Å². The van der Waals surface area contributed by atoms with Crippen LogP contribution in [-0.4, -0.2) is 192 Å². The Kier molecular flexibility index (Phi) is 29.1. The highest BCUT2D eigenvalue weighted by Crippen LogP contribution is 2.51. The minimum atomic E-state index is -4.66. The molecule has 0 aromatic heterocycles. The molecule has 0 saturated heterocycles. The number of rotatable bonds is 41. The molecule has 0 radical (unpaired) electrons. The maximum absolute atomic E-state index is 12.5. The molecule has 1 heterocycles. The number of hydrogen-bond donors (Lipinski definition) is 5. The largest absolute Gasteiger partial charge is 0.507 e. The van der Waals surface area contributed by atoms with Crippen molar-refractivity contribution in [2.45, 2.75) is 70.1 Å². The minimum Gasteiger partial charge on any atom is -0.507 e. The number of hydrogen-bond acceptors (Lipinski definition) is 18. The van der Waals surface area contributed by atoms with E-state index in [1.165, 1.54) is 12.1 Å². The van der Waals surface area contributed by atoms with Gasteiger partial charge in [0.25, 0.3) is 30.4 Å². The number of nitrogens with zero attached hydrogens (tertiary/aromatic N) is 2. The highest BCUT2D eigenvalue weighted by molar-refractivity contribution is 7.86. The number of carboxylic acid groups (broad SMARTS) is 1. The molecule has 2 aromatic rings. The van der Waals surface area contributed by atoms with Crippen LogP contribution in [0, 0.1) is 5.41 Å². The molecule has 2 aromatic carbocycles. The van der Waals surface area contributed by atoms with Gasteiger partial charge in [0.1, 0.15) is 5.75 Å². The number of fused-ring (bicyclic) bond motifs is 1. The van der Waals surface area contributed by atoms with Crippen LogP contribution in [0.1, 0.15) is 70.9 Å². The summed E-state index contributed by atoms with van der Waals surface area (Å²) in [4.78, 5) is 14.0. The van der Waals surface area contributed by atoms with Crippen molar-refractivity contribution in [1.82, 2.24) is 0 Å². The molecule has 0 amide bonds. The van der Waals surface area contributed by atoms with E-state index in [9.17, 15) is 48.8 Å². The molecule has 5 N–H and O–H groups in total. The van der Waals surface area contributed by atoms with Crippen LogP contribution in [0.4, 0.5) is 11.4 Å². The van der Waals surface area contributed by atoms with E-state index in [-0.39, 0.29) is 114 Å². The number of methoxy groups -OCH3 is 1. The zero-order chi connectivity index (χ0) is 56.3. The van der Waals surface area contributed by atoms with Crippen LogP contribution in [0.3, 0.4) is 0 Å². The number of aromatic hydroxyl groups is 1. The molecule has 0 fully saturated rings. The quantitative estimate of drug-likeness (QED) is 0.0304. The van der Waals surface area contributed by atoms with Gasteiger partial charge in [-0.05, 0) is 85.6 Å². The Morgan fingerprint density at radius 2 is 1.24 bits per heavy atom. The number of aliphatic carboxylic acids is 1. The highest BCUT2D eigenvalue weighted by Gasteiger charge is 2.44. The van der Waals surface area contributed by atoms with Gasteiger partial charge in [-0.15, -0.1) is 0 Å². The number of carboxylic acids is 1. The van der Waals surface area contributed by atoms with Gasteiger partial charge >= 0.3 is 5.97 Å². The van der Waals surface area contributed by atoms with Gasteiger partial charge in [-0.25, -0.2) is 0 Å². The fourth-order valence-corrected chi connectivity index (χ4v) is 9.45. The molecule has 0 aliphatic carbocycles. The molecular formula is C51H80N2O20S3. The first-order valence-electron chi connectivity index (χ1n) is 25.1. The number of anilines is 2. The zero-order valence-electron chi connectivity index (χ0n) is 44.4. The second-order valence-corrected chi connectivity index (χ2v) is 23.7. The maximum atomic E-state index is 12.5. The molecule has 76 heavy (non-hydrogen) atoms. The van der Waals surface area contributed by atoms with Crippen LogP contribution in [0.15, 0.2) is 71.3 Å². The van der Waals surface area contributed by atoms with Crippen molar-refractivity contribution in [2.75, 3.05) is 147 Å². The lowest BCUT2D eigenvalue weighted by atomic mass is 9.77. The van der Waals surface area contributed by atoms with Crippen LogP contribution in [-0.2, 0) is 78.5 Å². The molecule has 1 aliphatic rings. The lowest BCUT2D eigenvalue weighted by molar-refractivity contribution is -0.138. The summed E-state index contributed by atoms with van der Waals surface area (Å²) in [5.41, 5.74) is 2.16. The van der Waals surface area contributed by atoms with E-state index < -0.39 is 53.2 Å². The van der Waals surface area contributed by atoms with Crippen molar-refractivity contribution < 1.29 is 91.8 Å². The van der Waals surface area contributed by atoms with Crippen molar-refractivity contribution in [2.24, 2.45) is 5.41 Å². The third-order valence-corrected chi connectivity index (χ3v) is 14.2. The van der Waals surface area contributed by atoms with Crippen LogP contribution >= 0.6 is 0 Å². The molecule has 0 spiro atoms. The predicted octanol–water partition coefficient (Wildman–Crippen LogP) is 5.67. The minimum absolute atomic E-state index is 0.00867. The number of phenolic OH excluding ortho intramolecular Hbond substituents is 1. The Morgan fingerprint density at radius 1 is 0.697 bits per heavy atom. The topological polar surface area (TPSA) is 301 Å². The first-order chi connectivity index (χ1) is 35.8. The monoisotopic (exact) mass is 1140 g/mol.